The molecule has 2 heterocycles. The van der Waals surface area contributed by atoms with Crippen LogP contribution in [0.5, 0.6) is 0 Å². The molecular weight excluding hydrogens is 335 g/mol. The minimum Gasteiger partial charge on any atom is -0.347 e. The minimum absolute atomic E-state index is 0.00523. The Balaban J connectivity index is 1.77. The third kappa shape index (κ3) is 4.25. The Morgan fingerprint density at radius 2 is 1.88 bits per heavy atom. The molecule has 1 aromatic carbocycles. The van der Waals surface area contributed by atoms with Crippen molar-refractivity contribution in [3.05, 3.63) is 41.5 Å². The van der Waals surface area contributed by atoms with E-state index < -0.39 is 11.7 Å². The zero-order valence-electron chi connectivity index (χ0n) is 15.1. The van der Waals surface area contributed by atoms with Crippen molar-refractivity contribution in [1.82, 2.24) is 20.3 Å². The lowest BCUT2D eigenvalue weighted by atomic mass is 10.1. The number of benzene rings is 1. The summed E-state index contributed by atoms with van der Waals surface area (Å²) >= 11 is 0. The van der Waals surface area contributed by atoms with E-state index in [1.807, 2.05) is 14.1 Å². The van der Waals surface area contributed by atoms with Crippen LogP contribution in [0.4, 0.5) is 16.3 Å². The Labute approximate surface area is 152 Å². The van der Waals surface area contributed by atoms with Gasteiger partial charge in [0.2, 0.25) is 11.9 Å². The molecule has 1 amide bonds. The third-order valence-electron chi connectivity index (χ3n) is 4.22. The highest BCUT2D eigenvalue weighted by atomic mass is 19.1. The number of halogens is 1. The zero-order chi connectivity index (χ0) is 18.5. The van der Waals surface area contributed by atoms with Crippen LogP contribution in [0.3, 0.4) is 0 Å². The van der Waals surface area contributed by atoms with E-state index in [9.17, 15) is 9.18 Å². The van der Waals surface area contributed by atoms with Crippen LogP contribution < -0.4 is 15.1 Å². The van der Waals surface area contributed by atoms with Gasteiger partial charge in [0.05, 0.1) is 12.1 Å². The summed E-state index contributed by atoms with van der Waals surface area (Å²) in [5.74, 6) is 0.571. The quantitative estimate of drug-likeness (QED) is 0.881. The van der Waals surface area contributed by atoms with Crippen LogP contribution in [-0.4, -0.2) is 48.0 Å². The van der Waals surface area contributed by atoms with E-state index in [0.29, 0.717) is 17.7 Å². The van der Waals surface area contributed by atoms with Crippen molar-refractivity contribution in [2.75, 3.05) is 37.0 Å². The number of piperidine rings is 1. The highest BCUT2D eigenvalue weighted by Gasteiger charge is 2.18. The normalized spacial score (nSPS) is 14.2. The molecule has 138 valence electrons. The van der Waals surface area contributed by atoms with Gasteiger partial charge < -0.3 is 15.1 Å². The SMILES string of the molecule is CN(C)c1nc(CNC(=O)c2ccccc2F)nc(N2CCCCC2)n1. The van der Waals surface area contributed by atoms with Crippen LogP contribution in [0, 0.1) is 5.82 Å². The Kier molecular flexibility index (Phi) is 5.60. The molecule has 0 aliphatic carbocycles. The number of nitrogens with zero attached hydrogens (tertiary/aromatic N) is 5. The minimum atomic E-state index is -0.552. The van der Waals surface area contributed by atoms with Gasteiger partial charge in [0, 0.05) is 27.2 Å². The number of aromatic nitrogens is 3. The first kappa shape index (κ1) is 18.0. The largest absolute Gasteiger partial charge is 0.347 e. The van der Waals surface area contributed by atoms with E-state index in [2.05, 4.69) is 25.2 Å². The smallest absolute Gasteiger partial charge is 0.254 e. The maximum Gasteiger partial charge on any atom is 0.254 e. The maximum absolute atomic E-state index is 13.7. The number of anilines is 2. The van der Waals surface area contributed by atoms with Crippen LogP contribution in [0.25, 0.3) is 0 Å². The summed E-state index contributed by atoms with van der Waals surface area (Å²) in [6.07, 6.45) is 3.44. The lowest BCUT2D eigenvalue weighted by Crippen LogP contribution is -2.33. The van der Waals surface area contributed by atoms with Crippen LogP contribution in [0.1, 0.15) is 35.4 Å². The Bertz CT molecular complexity index is 776. The number of carbonyl (C=O) groups excluding carboxylic acids is 1. The van der Waals surface area contributed by atoms with Crippen molar-refractivity contribution in [2.45, 2.75) is 25.8 Å². The summed E-state index contributed by atoms with van der Waals surface area (Å²) in [6.45, 7) is 1.94. The van der Waals surface area contributed by atoms with Crippen molar-refractivity contribution < 1.29 is 9.18 Å². The van der Waals surface area contributed by atoms with Crippen LogP contribution in [0.15, 0.2) is 24.3 Å². The van der Waals surface area contributed by atoms with Gasteiger partial charge in [0.25, 0.3) is 5.91 Å². The molecular formula is C18H23FN6O. The topological polar surface area (TPSA) is 74.2 Å². The first-order chi connectivity index (χ1) is 12.5. The molecule has 3 rings (SSSR count). The molecule has 1 fully saturated rings. The van der Waals surface area contributed by atoms with E-state index in [1.54, 1.807) is 17.0 Å². The highest BCUT2D eigenvalue weighted by Crippen LogP contribution is 2.18. The molecule has 1 N–H and O–H groups in total. The molecule has 1 aliphatic heterocycles. The number of carbonyl (C=O) groups is 1. The Morgan fingerprint density at radius 3 is 2.58 bits per heavy atom. The molecule has 7 nitrogen and oxygen atoms in total. The van der Waals surface area contributed by atoms with Gasteiger partial charge in [-0.3, -0.25) is 4.79 Å². The molecule has 0 saturated carbocycles. The summed E-state index contributed by atoms with van der Waals surface area (Å²) < 4.78 is 13.7. The van der Waals surface area contributed by atoms with E-state index in [1.165, 1.54) is 18.6 Å². The standard InChI is InChI=1S/C18H23FN6O/c1-24(2)17-21-15(22-18(23-17)25-10-6-3-7-11-25)12-20-16(26)13-8-4-5-9-14(13)19/h4-5,8-9H,3,6-7,10-12H2,1-2H3,(H,20,26). The summed E-state index contributed by atoms with van der Waals surface area (Å²) in [7, 11) is 3.72. The molecule has 8 heteroatoms. The number of hydrogen-bond donors (Lipinski definition) is 1. The average molecular weight is 358 g/mol. The van der Waals surface area contributed by atoms with Crippen molar-refractivity contribution in [3.8, 4) is 0 Å². The number of hydrogen-bond acceptors (Lipinski definition) is 6. The highest BCUT2D eigenvalue weighted by molar-refractivity contribution is 5.94. The van der Waals surface area contributed by atoms with E-state index in [0.717, 1.165) is 25.9 Å². The monoisotopic (exact) mass is 358 g/mol. The molecule has 2 aromatic rings. The van der Waals surface area contributed by atoms with Gasteiger partial charge >= 0.3 is 0 Å². The molecule has 26 heavy (non-hydrogen) atoms. The van der Waals surface area contributed by atoms with E-state index in [4.69, 9.17) is 0 Å². The molecule has 1 saturated heterocycles. The Morgan fingerprint density at radius 1 is 1.15 bits per heavy atom. The van der Waals surface area contributed by atoms with E-state index >= 15 is 0 Å². The second kappa shape index (κ2) is 8.07. The third-order valence-corrected chi connectivity index (χ3v) is 4.22. The molecule has 0 unspecified atom stereocenters. The average Bonchev–Trinajstić information content (AvgIpc) is 2.67. The summed E-state index contributed by atoms with van der Waals surface area (Å²) in [4.78, 5) is 29.5. The summed E-state index contributed by atoms with van der Waals surface area (Å²) in [5.41, 5.74) is 0.00523. The fourth-order valence-corrected chi connectivity index (χ4v) is 2.81. The number of nitrogens with one attached hydrogen (secondary N) is 1. The molecule has 0 atom stereocenters. The number of amides is 1. The van der Waals surface area contributed by atoms with E-state index in [-0.39, 0.29) is 12.1 Å². The first-order valence-electron chi connectivity index (χ1n) is 8.74. The summed E-state index contributed by atoms with van der Waals surface area (Å²) in [6, 6.07) is 5.88. The van der Waals surface area contributed by atoms with Gasteiger partial charge in [0.15, 0.2) is 5.82 Å². The fraction of sp³-hybridized carbons (Fsp3) is 0.444. The van der Waals surface area contributed by atoms with Crippen LogP contribution >= 0.6 is 0 Å². The predicted molar refractivity (Wildman–Crippen MR) is 97.8 cm³/mol. The molecule has 0 radical (unpaired) electrons. The van der Waals surface area contributed by atoms with Gasteiger partial charge in [-0.15, -0.1) is 0 Å². The van der Waals surface area contributed by atoms with Crippen molar-refractivity contribution in [1.29, 1.82) is 0 Å². The lowest BCUT2D eigenvalue weighted by molar-refractivity contribution is 0.0946. The van der Waals surface area contributed by atoms with Crippen molar-refractivity contribution >= 4 is 17.8 Å². The van der Waals surface area contributed by atoms with Gasteiger partial charge in [-0.1, -0.05) is 12.1 Å². The second-order valence-electron chi connectivity index (χ2n) is 6.46. The van der Waals surface area contributed by atoms with Crippen LogP contribution in [-0.2, 0) is 6.54 Å². The lowest BCUT2D eigenvalue weighted by Gasteiger charge is -2.27. The molecule has 1 aliphatic rings. The Hall–Kier alpha value is -2.77. The van der Waals surface area contributed by atoms with Gasteiger partial charge in [-0.2, -0.15) is 15.0 Å². The van der Waals surface area contributed by atoms with Gasteiger partial charge in [-0.05, 0) is 31.4 Å². The summed E-state index contributed by atoms with van der Waals surface area (Å²) in [5, 5.41) is 2.68. The molecule has 0 spiro atoms. The van der Waals surface area contributed by atoms with Gasteiger partial charge in [-0.25, -0.2) is 4.39 Å². The fourth-order valence-electron chi connectivity index (χ4n) is 2.81. The van der Waals surface area contributed by atoms with Gasteiger partial charge in [0.1, 0.15) is 5.82 Å². The van der Waals surface area contributed by atoms with Crippen molar-refractivity contribution in [3.63, 3.8) is 0 Å². The second-order valence-corrected chi connectivity index (χ2v) is 6.46. The maximum atomic E-state index is 13.7. The molecule has 1 aromatic heterocycles. The van der Waals surface area contributed by atoms with Crippen molar-refractivity contribution in [2.24, 2.45) is 0 Å². The first-order valence-corrected chi connectivity index (χ1v) is 8.74. The zero-order valence-corrected chi connectivity index (χ0v) is 15.1. The molecule has 0 bridgehead atoms. The van der Waals surface area contributed by atoms with Crippen LogP contribution in [0.2, 0.25) is 0 Å². The number of rotatable bonds is 5. The predicted octanol–water partition coefficient (Wildman–Crippen LogP) is 2.00.